The van der Waals surface area contributed by atoms with E-state index in [1.807, 2.05) is 20.8 Å². The van der Waals surface area contributed by atoms with E-state index in [1.165, 1.54) is 0 Å². The summed E-state index contributed by atoms with van der Waals surface area (Å²) in [6.07, 6.45) is 0.432. The number of alkyl halides is 2. The fraction of sp³-hybridized carbons (Fsp3) is 0.500. The quantitative estimate of drug-likeness (QED) is 0.822. The van der Waals surface area contributed by atoms with Crippen LogP contribution < -0.4 is 10.6 Å². The van der Waals surface area contributed by atoms with E-state index in [4.69, 9.17) is 23.2 Å². The smallest absolute Gasteiger partial charge is 0.251 e. The number of rotatable bonds is 3. The number of anilines is 1. The average Bonchev–Trinajstić information content (AvgIpc) is 2.88. The normalized spacial score (nSPS) is 22.8. The molecule has 1 saturated carbocycles. The summed E-state index contributed by atoms with van der Waals surface area (Å²) >= 11 is 12.0. The van der Waals surface area contributed by atoms with Crippen molar-refractivity contribution in [3.05, 3.63) is 29.8 Å². The maximum atomic E-state index is 12.2. The highest BCUT2D eigenvalue weighted by Gasteiger charge is 2.67. The zero-order valence-corrected chi connectivity index (χ0v) is 14.6. The second-order valence-electron chi connectivity index (χ2n) is 6.95. The molecule has 2 amide bonds. The van der Waals surface area contributed by atoms with Gasteiger partial charge in [-0.25, -0.2) is 0 Å². The summed E-state index contributed by atoms with van der Waals surface area (Å²) < 4.78 is -0.996. The summed E-state index contributed by atoms with van der Waals surface area (Å²) in [5.74, 6) is -0.371. The Bertz CT molecular complexity index is 606. The fourth-order valence-corrected chi connectivity index (χ4v) is 2.74. The van der Waals surface area contributed by atoms with Crippen LogP contribution in [0, 0.1) is 5.41 Å². The Morgan fingerprint density at radius 3 is 2.05 bits per heavy atom. The van der Waals surface area contributed by atoms with Crippen LogP contribution in [0.1, 0.15) is 44.5 Å². The van der Waals surface area contributed by atoms with Crippen molar-refractivity contribution in [3.8, 4) is 0 Å². The van der Waals surface area contributed by atoms with Crippen LogP contribution in [0.2, 0.25) is 0 Å². The first-order chi connectivity index (χ1) is 9.95. The Morgan fingerprint density at radius 2 is 1.64 bits per heavy atom. The number of carbonyl (C=O) groups excluding carboxylic acids is 2. The van der Waals surface area contributed by atoms with Crippen molar-refractivity contribution in [3.63, 3.8) is 0 Å². The van der Waals surface area contributed by atoms with E-state index in [0.29, 0.717) is 17.7 Å². The molecule has 0 aliphatic heterocycles. The van der Waals surface area contributed by atoms with E-state index in [-0.39, 0.29) is 17.4 Å². The third kappa shape index (κ3) is 3.55. The Labute approximate surface area is 140 Å². The molecule has 0 unspecified atom stereocenters. The first kappa shape index (κ1) is 17.1. The maximum Gasteiger partial charge on any atom is 0.251 e. The lowest BCUT2D eigenvalue weighted by atomic mass is 10.1. The van der Waals surface area contributed by atoms with Crippen molar-refractivity contribution in [2.24, 2.45) is 5.41 Å². The minimum Gasteiger partial charge on any atom is -0.347 e. The molecule has 2 N–H and O–H groups in total. The monoisotopic (exact) mass is 342 g/mol. The molecule has 2 rings (SSSR count). The first-order valence-corrected chi connectivity index (χ1v) is 7.82. The van der Waals surface area contributed by atoms with E-state index in [1.54, 1.807) is 31.2 Å². The van der Waals surface area contributed by atoms with Crippen molar-refractivity contribution < 1.29 is 9.59 Å². The zero-order valence-electron chi connectivity index (χ0n) is 13.1. The predicted molar refractivity (Wildman–Crippen MR) is 89.5 cm³/mol. The lowest BCUT2D eigenvalue weighted by molar-refractivity contribution is -0.120. The molecule has 0 aromatic heterocycles. The third-order valence-electron chi connectivity index (χ3n) is 3.65. The van der Waals surface area contributed by atoms with Gasteiger partial charge in [0.1, 0.15) is 4.33 Å². The molecular weight excluding hydrogens is 323 g/mol. The van der Waals surface area contributed by atoms with Gasteiger partial charge in [-0.3, -0.25) is 9.59 Å². The summed E-state index contributed by atoms with van der Waals surface area (Å²) in [5.41, 5.74) is 0.0802. The summed E-state index contributed by atoms with van der Waals surface area (Å²) in [6.45, 7) is 7.48. The van der Waals surface area contributed by atoms with Gasteiger partial charge in [-0.05, 0) is 58.4 Å². The number of hydrogen-bond acceptors (Lipinski definition) is 2. The van der Waals surface area contributed by atoms with Crippen LogP contribution in [0.5, 0.6) is 0 Å². The van der Waals surface area contributed by atoms with E-state index < -0.39 is 9.75 Å². The lowest BCUT2D eigenvalue weighted by Gasteiger charge is -2.20. The largest absolute Gasteiger partial charge is 0.347 e. The highest BCUT2D eigenvalue weighted by atomic mass is 35.5. The molecule has 6 heteroatoms. The highest BCUT2D eigenvalue weighted by Crippen LogP contribution is 2.64. The van der Waals surface area contributed by atoms with Gasteiger partial charge < -0.3 is 10.6 Å². The van der Waals surface area contributed by atoms with E-state index in [0.717, 1.165) is 0 Å². The Hall–Kier alpha value is -1.26. The van der Waals surface area contributed by atoms with Gasteiger partial charge in [-0.15, -0.1) is 23.2 Å². The predicted octanol–water partition coefficient (Wildman–Crippen LogP) is 3.74. The van der Waals surface area contributed by atoms with Gasteiger partial charge in [0.15, 0.2) is 0 Å². The van der Waals surface area contributed by atoms with Crippen LogP contribution in [-0.2, 0) is 4.79 Å². The molecule has 120 valence electrons. The van der Waals surface area contributed by atoms with Crippen molar-refractivity contribution >= 4 is 40.7 Å². The van der Waals surface area contributed by atoms with Crippen molar-refractivity contribution in [1.82, 2.24) is 5.32 Å². The molecule has 4 nitrogen and oxygen atoms in total. The Balaban J connectivity index is 2.01. The Kier molecular flexibility index (Phi) is 4.22. The van der Waals surface area contributed by atoms with E-state index >= 15 is 0 Å². The standard InChI is InChI=1S/C16H20Cl2N2O2/c1-14(2,3)20-12(21)10-5-7-11(8-6-10)19-13(22)15(4)9-16(15,17)18/h5-8H,9H2,1-4H3,(H,19,22)(H,20,21)/t15-/m1/s1. The zero-order chi connectivity index (χ0) is 16.8. The molecule has 0 bridgehead atoms. The van der Waals surface area contributed by atoms with Gasteiger partial charge in [0.25, 0.3) is 5.91 Å². The van der Waals surface area contributed by atoms with Crippen molar-refractivity contribution in [2.45, 2.75) is 44.0 Å². The molecule has 0 heterocycles. The molecule has 1 aromatic carbocycles. The molecule has 0 spiro atoms. The van der Waals surface area contributed by atoms with Gasteiger partial charge in [0, 0.05) is 16.8 Å². The van der Waals surface area contributed by atoms with E-state index in [2.05, 4.69) is 10.6 Å². The maximum absolute atomic E-state index is 12.2. The van der Waals surface area contributed by atoms with Crippen molar-refractivity contribution in [1.29, 1.82) is 0 Å². The minimum absolute atomic E-state index is 0.153. The molecule has 1 aliphatic carbocycles. The summed E-state index contributed by atoms with van der Waals surface area (Å²) in [4.78, 5) is 24.2. The van der Waals surface area contributed by atoms with Crippen LogP contribution in [0.3, 0.4) is 0 Å². The summed E-state index contributed by atoms with van der Waals surface area (Å²) in [7, 11) is 0. The third-order valence-corrected chi connectivity index (χ3v) is 4.75. The van der Waals surface area contributed by atoms with Crippen LogP contribution in [0.4, 0.5) is 5.69 Å². The lowest BCUT2D eigenvalue weighted by Crippen LogP contribution is -2.40. The highest BCUT2D eigenvalue weighted by molar-refractivity contribution is 6.53. The van der Waals surface area contributed by atoms with E-state index in [9.17, 15) is 9.59 Å². The van der Waals surface area contributed by atoms with Crippen LogP contribution >= 0.6 is 23.2 Å². The second kappa shape index (κ2) is 5.43. The SMILES string of the molecule is CC(C)(C)NC(=O)c1ccc(NC(=O)[C@@]2(C)CC2(Cl)Cl)cc1. The van der Waals surface area contributed by atoms with Crippen LogP contribution in [0.15, 0.2) is 24.3 Å². The number of carbonyl (C=O) groups is 2. The van der Waals surface area contributed by atoms with Gasteiger partial charge in [0.05, 0.1) is 5.41 Å². The number of halogens is 2. The molecule has 0 radical (unpaired) electrons. The first-order valence-electron chi connectivity index (χ1n) is 7.06. The molecule has 1 fully saturated rings. The second-order valence-corrected chi connectivity index (χ2v) is 8.43. The van der Waals surface area contributed by atoms with Gasteiger partial charge in [-0.2, -0.15) is 0 Å². The number of hydrogen-bond donors (Lipinski definition) is 2. The molecular formula is C16H20Cl2N2O2. The number of benzene rings is 1. The topological polar surface area (TPSA) is 58.2 Å². The Morgan fingerprint density at radius 1 is 1.14 bits per heavy atom. The van der Waals surface area contributed by atoms with Crippen LogP contribution in [0.25, 0.3) is 0 Å². The minimum atomic E-state index is -0.996. The molecule has 1 aromatic rings. The molecule has 22 heavy (non-hydrogen) atoms. The fourth-order valence-electron chi connectivity index (χ4n) is 2.03. The van der Waals surface area contributed by atoms with Gasteiger partial charge in [-0.1, -0.05) is 0 Å². The van der Waals surface area contributed by atoms with Gasteiger partial charge in [0.2, 0.25) is 5.91 Å². The van der Waals surface area contributed by atoms with Crippen molar-refractivity contribution in [2.75, 3.05) is 5.32 Å². The molecule has 1 aliphatic rings. The van der Waals surface area contributed by atoms with Crippen LogP contribution in [-0.4, -0.2) is 21.7 Å². The molecule has 0 saturated heterocycles. The van der Waals surface area contributed by atoms with Gasteiger partial charge >= 0.3 is 0 Å². The average molecular weight is 343 g/mol. The summed E-state index contributed by atoms with van der Waals surface area (Å²) in [5, 5.41) is 5.65. The number of nitrogens with one attached hydrogen (secondary N) is 2. The number of amides is 2. The molecule has 1 atom stereocenters. The summed E-state index contributed by atoms with van der Waals surface area (Å²) in [6, 6.07) is 6.71.